The lowest BCUT2D eigenvalue weighted by molar-refractivity contribution is -0.244. The fourth-order valence-electron chi connectivity index (χ4n) is 1.56. The van der Waals surface area contributed by atoms with Crippen LogP contribution in [0.5, 0.6) is 5.75 Å². The Kier molecular flexibility index (Phi) is 3.40. The second-order valence-electron chi connectivity index (χ2n) is 3.68. The number of rotatable bonds is 2. The van der Waals surface area contributed by atoms with Crippen molar-refractivity contribution in [3.63, 3.8) is 0 Å². The van der Waals surface area contributed by atoms with Gasteiger partial charge in [-0.2, -0.15) is 0 Å². The third-order valence-electron chi connectivity index (χ3n) is 2.46. The third-order valence-corrected chi connectivity index (χ3v) is 2.46. The first-order chi connectivity index (χ1) is 7.68. The normalized spacial score (nSPS) is 34.7. The van der Waals surface area contributed by atoms with Gasteiger partial charge in [-0.1, -0.05) is 18.2 Å². The Morgan fingerprint density at radius 2 is 1.81 bits per heavy atom. The van der Waals surface area contributed by atoms with Crippen LogP contribution in [0.3, 0.4) is 0 Å². The molecule has 0 radical (unpaired) electrons. The number of para-hydroxylation sites is 1. The van der Waals surface area contributed by atoms with Gasteiger partial charge in [0.2, 0.25) is 0 Å². The van der Waals surface area contributed by atoms with Crippen molar-refractivity contribution in [3.8, 4) is 5.75 Å². The second kappa shape index (κ2) is 4.80. The lowest BCUT2D eigenvalue weighted by atomic mass is 10.1. The van der Waals surface area contributed by atoms with Gasteiger partial charge in [0.15, 0.2) is 12.4 Å². The van der Waals surface area contributed by atoms with Gasteiger partial charge in [0.25, 0.3) is 0 Å². The highest BCUT2D eigenvalue weighted by Crippen LogP contribution is 2.20. The Morgan fingerprint density at radius 1 is 1.12 bits per heavy atom. The summed E-state index contributed by atoms with van der Waals surface area (Å²) in [4.78, 5) is 0. The Balaban J connectivity index is 2.07. The van der Waals surface area contributed by atoms with E-state index in [-0.39, 0.29) is 6.61 Å². The molecule has 1 heterocycles. The molecule has 1 aromatic rings. The first kappa shape index (κ1) is 11.3. The van der Waals surface area contributed by atoms with E-state index < -0.39 is 24.6 Å². The van der Waals surface area contributed by atoms with Crippen molar-refractivity contribution in [2.45, 2.75) is 24.6 Å². The Morgan fingerprint density at radius 3 is 2.50 bits per heavy atom. The zero-order valence-corrected chi connectivity index (χ0v) is 8.56. The Hall–Kier alpha value is -1.14. The molecule has 1 fully saturated rings. The molecule has 1 unspecified atom stereocenters. The molecule has 3 N–H and O–H groups in total. The summed E-state index contributed by atoms with van der Waals surface area (Å²) in [6, 6.07) is 8.76. The van der Waals surface area contributed by atoms with Gasteiger partial charge in [-0.3, -0.25) is 0 Å². The SMILES string of the molecule is OC1OC[C@@H](O)[C@H](O)[C@H]1Oc1ccccc1. The van der Waals surface area contributed by atoms with Gasteiger partial charge in [-0.25, -0.2) is 0 Å². The maximum absolute atomic E-state index is 9.65. The minimum Gasteiger partial charge on any atom is -0.482 e. The quantitative estimate of drug-likeness (QED) is 0.634. The Labute approximate surface area is 92.9 Å². The monoisotopic (exact) mass is 226 g/mol. The molecule has 4 atom stereocenters. The van der Waals surface area contributed by atoms with E-state index in [2.05, 4.69) is 0 Å². The zero-order valence-electron chi connectivity index (χ0n) is 8.56. The number of hydrogen-bond acceptors (Lipinski definition) is 5. The van der Waals surface area contributed by atoms with E-state index in [9.17, 15) is 15.3 Å². The van der Waals surface area contributed by atoms with E-state index >= 15 is 0 Å². The summed E-state index contributed by atoms with van der Waals surface area (Å²) < 4.78 is 10.2. The van der Waals surface area contributed by atoms with Crippen LogP contribution in [0.4, 0.5) is 0 Å². The Bertz CT molecular complexity index is 328. The highest BCUT2D eigenvalue weighted by atomic mass is 16.6. The van der Waals surface area contributed by atoms with Gasteiger partial charge in [0.1, 0.15) is 18.0 Å². The van der Waals surface area contributed by atoms with Crippen LogP contribution in [0.2, 0.25) is 0 Å². The van der Waals surface area contributed by atoms with Gasteiger partial charge < -0.3 is 24.8 Å². The van der Waals surface area contributed by atoms with E-state index in [0.29, 0.717) is 5.75 Å². The standard InChI is InChI=1S/C11H14O5/c12-8-6-15-11(14)10(9(8)13)16-7-4-2-1-3-5-7/h1-5,8-14H,6H2/t8-,9+,10-,11?/m1/s1. The highest BCUT2D eigenvalue weighted by Gasteiger charge is 2.39. The minimum absolute atomic E-state index is 0.100. The van der Waals surface area contributed by atoms with Crippen molar-refractivity contribution in [3.05, 3.63) is 30.3 Å². The highest BCUT2D eigenvalue weighted by molar-refractivity contribution is 5.21. The number of aliphatic hydroxyl groups excluding tert-OH is 3. The first-order valence-corrected chi connectivity index (χ1v) is 5.06. The molecule has 0 aromatic heterocycles. The maximum Gasteiger partial charge on any atom is 0.195 e. The minimum atomic E-state index is -1.24. The lowest BCUT2D eigenvalue weighted by Gasteiger charge is -2.35. The van der Waals surface area contributed by atoms with Crippen molar-refractivity contribution in [2.24, 2.45) is 0 Å². The van der Waals surface area contributed by atoms with Crippen LogP contribution in [0.1, 0.15) is 0 Å². The predicted octanol–water partition coefficient (Wildman–Crippen LogP) is -0.496. The topological polar surface area (TPSA) is 79.2 Å². The van der Waals surface area contributed by atoms with E-state index in [1.54, 1.807) is 24.3 Å². The fourth-order valence-corrected chi connectivity index (χ4v) is 1.56. The van der Waals surface area contributed by atoms with Crippen molar-refractivity contribution in [1.29, 1.82) is 0 Å². The van der Waals surface area contributed by atoms with Gasteiger partial charge in [-0.05, 0) is 12.1 Å². The summed E-state index contributed by atoms with van der Waals surface area (Å²) in [6.45, 7) is -0.100. The molecular weight excluding hydrogens is 212 g/mol. The summed E-state index contributed by atoms with van der Waals surface area (Å²) in [5, 5.41) is 28.5. The molecule has 5 nitrogen and oxygen atoms in total. The third kappa shape index (κ3) is 2.33. The van der Waals surface area contributed by atoms with E-state index in [1.165, 1.54) is 0 Å². The first-order valence-electron chi connectivity index (χ1n) is 5.06. The molecular formula is C11H14O5. The fraction of sp³-hybridized carbons (Fsp3) is 0.455. The van der Waals surface area contributed by atoms with Gasteiger partial charge in [0.05, 0.1) is 6.61 Å². The van der Waals surface area contributed by atoms with Crippen LogP contribution in [-0.2, 0) is 4.74 Å². The van der Waals surface area contributed by atoms with E-state index in [0.717, 1.165) is 0 Å². The average Bonchev–Trinajstić information content (AvgIpc) is 2.31. The van der Waals surface area contributed by atoms with Crippen LogP contribution in [0.25, 0.3) is 0 Å². The summed E-state index contributed by atoms with van der Waals surface area (Å²) in [7, 11) is 0. The van der Waals surface area contributed by atoms with Gasteiger partial charge in [-0.15, -0.1) is 0 Å². The second-order valence-corrected chi connectivity index (χ2v) is 3.68. The molecule has 5 heteroatoms. The largest absolute Gasteiger partial charge is 0.482 e. The molecule has 1 aliphatic heterocycles. The number of hydrogen-bond donors (Lipinski definition) is 3. The molecule has 0 spiro atoms. The van der Waals surface area contributed by atoms with Crippen molar-refractivity contribution >= 4 is 0 Å². The molecule has 2 rings (SSSR count). The van der Waals surface area contributed by atoms with Crippen molar-refractivity contribution < 1.29 is 24.8 Å². The van der Waals surface area contributed by atoms with Crippen molar-refractivity contribution in [1.82, 2.24) is 0 Å². The predicted molar refractivity (Wildman–Crippen MR) is 54.8 cm³/mol. The van der Waals surface area contributed by atoms with Crippen LogP contribution < -0.4 is 4.74 Å². The van der Waals surface area contributed by atoms with E-state index in [1.807, 2.05) is 6.07 Å². The van der Waals surface area contributed by atoms with Crippen LogP contribution in [0, 0.1) is 0 Å². The molecule has 0 bridgehead atoms. The van der Waals surface area contributed by atoms with Crippen LogP contribution in [0.15, 0.2) is 30.3 Å². The molecule has 1 saturated heterocycles. The van der Waals surface area contributed by atoms with E-state index in [4.69, 9.17) is 9.47 Å². The summed E-state index contributed by atoms with van der Waals surface area (Å²) in [5.74, 6) is 0.503. The van der Waals surface area contributed by atoms with Crippen LogP contribution in [-0.4, -0.2) is 46.5 Å². The molecule has 0 amide bonds. The summed E-state index contributed by atoms with van der Waals surface area (Å²) in [5.41, 5.74) is 0. The zero-order chi connectivity index (χ0) is 11.5. The molecule has 1 aromatic carbocycles. The summed E-state index contributed by atoms with van der Waals surface area (Å²) >= 11 is 0. The molecule has 1 aliphatic rings. The summed E-state index contributed by atoms with van der Waals surface area (Å²) in [6.07, 6.45) is -4.43. The molecule has 0 aliphatic carbocycles. The lowest BCUT2D eigenvalue weighted by Crippen LogP contribution is -2.55. The smallest absolute Gasteiger partial charge is 0.195 e. The number of ether oxygens (including phenoxy) is 2. The average molecular weight is 226 g/mol. The van der Waals surface area contributed by atoms with Crippen LogP contribution >= 0.6 is 0 Å². The molecule has 16 heavy (non-hydrogen) atoms. The van der Waals surface area contributed by atoms with Crippen molar-refractivity contribution in [2.75, 3.05) is 6.61 Å². The molecule has 0 saturated carbocycles. The van der Waals surface area contributed by atoms with Gasteiger partial charge >= 0.3 is 0 Å². The molecule has 88 valence electrons. The maximum atomic E-state index is 9.65. The number of aliphatic hydroxyl groups is 3. The van der Waals surface area contributed by atoms with Gasteiger partial charge in [0, 0.05) is 0 Å². The number of benzene rings is 1.